The van der Waals surface area contributed by atoms with Crippen molar-refractivity contribution in [1.29, 1.82) is 0 Å². The van der Waals surface area contributed by atoms with Crippen LogP contribution < -0.4 is 10.1 Å². The van der Waals surface area contributed by atoms with Gasteiger partial charge in [-0.15, -0.1) is 0 Å². The van der Waals surface area contributed by atoms with Gasteiger partial charge in [0.2, 0.25) is 5.88 Å². The van der Waals surface area contributed by atoms with Gasteiger partial charge in [0.05, 0.1) is 4.92 Å². The number of hydrogen-bond acceptors (Lipinski definition) is 6. The van der Waals surface area contributed by atoms with Crippen molar-refractivity contribution < 1.29 is 14.5 Å². The molecule has 0 saturated carbocycles. The van der Waals surface area contributed by atoms with Crippen molar-refractivity contribution in [3.05, 3.63) is 82.7 Å². The molecule has 0 saturated heterocycles. The molecule has 0 unspecified atom stereocenters. The first-order valence-corrected chi connectivity index (χ1v) is 7.22. The number of hydrogen-bond donors (Lipinski definition) is 1. The second-order valence-corrected chi connectivity index (χ2v) is 4.91. The molecule has 3 rings (SSSR count). The van der Waals surface area contributed by atoms with Crippen LogP contribution in [0.25, 0.3) is 0 Å². The maximum absolute atomic E-state index is 12.1. The van der Waals surface area contributed by atoms with Crippen molar-refractivity contribution in [3.8, 4) is 11.6 Å². The Bertz CT molecular complexity index is 881. The topological polar surface area (TPSA) is 107 Å². The lowest BCUT2D eigenvalue weighted by Gasteiger charge is -2.06. The predicted octanol–water partition coefficient (Wildman–Crippen LogP) is 3.43. The van der Waals surface area contributed by atoms with Crippen LogP contribution in [0.3, 0.4) is 0 Å². The average molecular weight is 336 g/mol. The van der Waals surface area contributed by atoms with Crippen molar-refractivity contribution >= 4 is 17.4 Å². The van der Waals surface area contributed by atoms with E-state index in [-0.39, 0.29) is 17.5 Å². The van der Waals surface area contributed by atoms with Crippen molar-refractivity contribution in [2.45, 2.75) is 0 Å². The van der Waals surface area contributed by atoms with Crippen molar-refractivity contribution in [2.75, 3.05) is 5.32 Å². The molecule has 8 heteroatoms. The molecule has 2 heterocycles. The van der Waals surface area contributed by atoms with E-state index in [0.717, 1.165) is 6.20 Å². The summed E-state index contributed by atoms with van der Waals surface area (Å²) in [5.74, 6) is 0.841. The predicted molar refractivity (Wildman–Crippen MR) is 89.6 cm³/mol. The minimum Gasteiger partial charge on any atom is -0.439 e. The first kappa shape index (κ1) is 16.1. The maximum Gasteiger partial charge on any atom is 0.287 e. The number of amides is 1. The van der Waals surface area contributed by atoms with E-state index < -0.39 is 4.92 Å². The fourth-order valence-electron chi connectivity index (χ4n) is 1.96. The summed E-state index contributed by atoms with van der Waals surface area (Å²) in [6.07, 6.45) is 2.70. The van der Waals surface area contributed by atoms with Crippen LogP contribution in [0.5, 0.6) is 11.6 Å². The molecule has 0 aliphatic heterocycles. The summed E-state index contributed by atoms with van der Waals surface area (Å²) in [7, 11) is 0. The molecule has 2 aromatic heterocycles. The van der Waals surface area contributed by atoms with Gasteiger partial charge in [-0.1, -0.05) is 6.07 Å². The zero-order valence-electron chi connectivity index (χ0n) is 12.8. The average Bonchev–Trinajstić information content (AvgIpc) is 2.63. The summed E-state index contributed by atoms with van der Waals surface area (Å²) in [4.78, 5) is 30.0. The number of pyridine rings is 2. The fourth-order valence-corrected chi connectivity index (χ4v) is 1.96. The summed E-state index contributed by atoms with van der Waals surface area (Å²) in [5.41, 5.74) is 0.323. The first-order valence-electron chi connectivity index (χ1n) is 7.22. The first-order chi connectivity index (χ1) is 12.1. The number of benzene rings is 1. The Morgan fingerprint density at radius 3 is 2.44 bits per heavy atom. The van der Waals surface area contributed by atoms with Crippen LogP contribution in [0.2, 0.25) is 0 Å². The number of carbonyl (C=O) groups is 1. The van der Waals surface area contributed by atoms with Gasteiger partial charge in [0.25, 0.3) is 11.6 Å². The van der Waals surface area contributed by atoms with Gasteiger partial charge in [0, 0.05) is 23.9 Å². The molecule has 1 amide bonds. The summed E-state index contributed by atoms with van der Waals surface area (Å²) < 4.78 is 5.49. The van der Waals surface area contributed by atoms with Gasteiger partial charge in [-0.3, -0.25) is 14.9 Å². The Morgan fingerprint density at radius 1 is 1.04 bits per heavy atom. The summed E-state index contributed by atoms with van der Waals surface area (Å²) in [6.45, 7) is 0. The molecule has 3 aromatic rings. The molecule has 0 fully saturated rings. The van der Waals surface area contributed by atoms with Gasteiger partial charge >= 0.3 is 0 Å². The van der Waals surface area contributed by atoms with Crippen molar-refractivity contribution in [2.24, 2.45) is 0 Å². The Balaban J connectivity index is 1.65. The molecule has 0 bridgehead atoms. The zero-order chi connectivity index (χ0) is 17.6. The molecular weight excluding hydrogens is 324 g/mol. The van der Waals surface area contributed by atoms with E-state index in [1.165, 1.54) is 12.1 Å². The van der Waals surface area contributed by atoms with E-state index in [9.17, 15) is 14.9 Å². The molecule has 25 heavy (non-hydrogen) atoms. The Morgan fingerprint density at radius 2 is 1.84 bits per heavy atom. The number of carbonyl (C=O) groups excluding carboxylic acids is 1. The standard InChI is InChI=1S/C17H12N4O4/c22-17(20-15-3-1-2-10-18-15)12-4-7-14(8-5-12)25-16-9-6-13(11-19-16)21(23)24/h1-11H,(H,18,20,22). The van der Waals surface area contributed by atoms with Crippen LogP contribution in [0.15, 0.2) is 67.0 Å². The summed E-state index contributed by atoms with van der Waals surface area (Å²) >= 11 is 0. The molecule has 124 valence electrons. The summed E-state index contributed by atoms with van der Waals surface area (Å²) in [5, 5.41) is 13.3. The Hall–Kier alpha value is -3.81. The van der Waals surface area contributed by atoms with Gasteiger partial charge in [-0.25, -0.2) is 9.97 Å². The van der Waals surface area contributed by atoms with Crippen molar-refractivity contribution in [3.63, 3.8) is 0 Å². The zero-order valence-corrected chi connectivity index (χ0v) is 12.8. The van der Waals surface area contributed by atoms with E-state index in [0.29, 0.717) is 17.1 Å². The third-order valence-electron chi connectivity index (χ3n) is 3.18. The van der Waals surface area contributed by atoms with E-state index in [1.54, 1.807) is 48.7 Å². The minimum absolute atomic E-state index is 0.117. The highest BCUT2D eigenvalue weighted by Gasteiger charge is 2.09. The minimum atomic E-state index is -0.536. The summed E-state index contributed by atoms with van der Waals surface area (Å²) in [6, 6.07) is 14.3. The lowest BCUT2D eigenvalue weighted by molar-refractivity contribution is -0.385. The number of ether oxygens (including phenoxy) is 1. The maximum atomic E-state index is 12.1. The molecule has 0 aliphatic carbocycles. The lowest BCUT2D eigenvalue weighted by Crippen LogP contribution is -2.12. The molecule has 0 spiro atoms. The molecular formula is C17H12N4O4. The number of nitrogens with one attached hydrogen (secondary N) is 1. The van der Waals surface area contributed by atoms with Crippen LogP contribution >= 0.6 is 0 Å². The molecule has 0 atom stereocenters. The van der Waals surface area contributed by atoms with Crippen LogP contribution in [0.4, 0.5) is 11.5 Å². The molecule has 8 nitrogen and oxygen atoms in total. The SMILES string of the molecule is O=C(Nc1ccccn1)c1ccc(Oc2ccc([N+](=O)[O-])cn2)cc1. The number of nitro groups is 1. The number of aromatic nitrogens is 2. The lowest BCUT2D eigenvalue weighted by atomic mass is 10.2. The van der Waals surface area contributed by atoms with Gasteiger partial charge in [0.1, 0.15) is 17.8 Å². The second-order valence-electron chi connectivity index (χ2n) is 4.91. The number of nitrogens with zero attached hydrogens (tertiary/aromatic N) is 3. The van der Waals surface area contributed by atoms with E-state index in [1.807, 2.05) is 0 Å². The molecule has 1 aromatic carbocycles. The quantitative estimate of drug-likeness (QED) is 0.565. The molecule has 1 N–H and O–H groups in total. The highest BCUT2D eigenvalue weighted by atomic mass is 16.6. The van der Waals surface area contributed by atoms with Crippen LogP contribution in [0.1, 0.15) is 10.4 Å². The van der Waals surface area contributed by atoms with E-state index in [4.69, 9.17) is 4.74 Å². The smallest absolute Gasteiger partial charge is 0.287 e. The van der Waals surface area contributed by atoms with Gasteiger partial charge in [0.15, 0.2) is 0 Å². The van der Waals surface area contributed by atoms with Gasteiger partial charge in [-0.2, -0.15) is 0 Å². The highest BCUT2D eigenvalue weighted by Crippen LogP contribution is 2.21. The van der Waals surface area contributed by atoms with Crippen molar-refractivity contribution in [1.82, 2.24) is 9.97 Å². The van der Waals surface area contributed by atoms with Crippen LogP contribution in [-0.4, -0.2) is 20.8 Å². The van der Waals surface area contributed by atoms with Crippen LogP contribution in [-0.2, 0) is 0 Å². The van der Waals surface area contributed by atoms with E-state index in [2.05, 4.69) is 15.3 Å². The Kier molecular flexibility index (Phi) is 4.61. The van der Waals surface area contributed by atoms with E-state index >= 15 is 0 Å². The second kappa shape index (κ2) is 7.18. The largest absolute Gasteiger partial charge is 0.439 e. The number of anilines is 1. The van der Waals surface area contributed by atoms with Crippen LogP contribution in [0, 0.1) is 10.1 Å². The van der Waals surface area contributed by atoms with Gasteiger partial charge in [-0.05, 0) is 36.4 Å². The highest BCUT2D eigenvalue weighted by molar-refractivity contribution is 6.03. The molecule has 0 radical (unpaired) electrons. The third kappa shape index (κ3) is 4.14. The third-order valence-corrected chi connectivity index (χ3v) is 3.18. The normalized spacial score (nSPS) is 10.1. The van der Waals surface area contributed by atoms with Gasteiger partial charge < -0.3 is 10.1 Å². The fraction of sp³-hybridized carbons (Fsp3) is 0. The Labute approximate surface area is 142 Å². The number of rotatable bonds is 5. The molecule has 0 aliphatic rings. The monoisotopic (exact) mass is 336 g/mol.